The van der Waals surface area contributed by atoms with Crippen LogP contribution in [-0.2, 0) is 0 Å². The lowest BCUT2D eigenvalue weighted by Crippen LogP contribution is -2.24. The van der Waals surface area contributed by atoms with Crippen molar-refractivity contribution >= 4 is 0 Å². The van der Waals surface area contributed by atoms with Gasteiger partial charge in [-0.2, -0.15) is 5.26 Å². The molecule has 0 bridgehead atoms. The molecule has 1 rings (SSSR count). The molecular formula is C7H9N2O-. The Kier molecular flexibility index (Phi) is 2.43. The van der Waals surface area contributed by atoms with Crippen LogP contribution in [0.3, 0.4) is 0 Å². The maximum Gasteiger partial charge on any atom is 0.0911 e. The molecule has 0 atom stereocenters. The molecule has 3 heteroatoms. The molecule has 0 amide bonds. The van der Waals surface area contributed by atoms with E-state index in [1.165, 1.54) is 0 Å². The molecule has 0 N–H and O–H groups in total. The zero-order valence-corrected chi connectivity index (χ0v) is 5.71. The zero-order chi connectivity index (χ0) is 7.40. The first kappa shape index (κ1) is 7.26. The minimum atomic E-state index is 0.549. The van der Waals surface area contributed by atoms with Crippen LogP contribution in [-0.4, -0.2) is 18.2 Å². The summed E-state index contributed by atoms with van der Waals surface area (Å²) in [6.07, 6.45) is 3.07. The molecule has 0 aliphatic carbocycles. The van der Waals surface area contributed by atoms with E-state index in [4.69, 9.17) is 5.26 Å². The van der Waals surface area contributed by atoms with Crippen LogP contribution < -0.4 is 0 Å². The monoisotopic (exact) mass is 137 g/mol. The molecular weight excluding hydrogens is 128 g/mol. The maximum absolute atomic E-state index is 10.6. The Labute approximate surface area is 60.1 Å². The molecule has 1 fully saturated rings. The number of piperidine rings is 1. The van der Waals surface area contributed by atoms with Crippen LogP contribution in [0.25, 0.3) is 0 Å². The fourth-order valence-electron chi connectivity index (χ4n) is 1.01. The van der Waals surface area contributed by atoms with E-state index in [1.54, 1.807) is 6.08 Å². The highest BCUT2D eigenvalue weighted by atomic mass is 16.5. The number of nitrogens with zero attached hydrogens (tertiary/aromatic N) is 2. The molecule has 0 radical (unpaired) electrons. The van der Waals surface area contributed by atoms with Gasteiger partial charge in [-0.1, -0.05) is 5.57 Å². The fraction of sp³-hybridized carbons (Fsp3) is 0.571. The van der Waals surface area contributed by atoms with Crippen LogP contribution in [0.15, 0.2) is 11.6 Å². The standard InChI is InChI=1S/C7H9N2O/c8-4-1-7-2-5-9(10)6-3-7/h1H,2-3,5-6H2/q-1. The van der Waals surface area contributed by atoms with Gasteiger partial charge >= 0.3 is 0 Å². The van der Waals surface area contributed by atoms with E-state index in [9.17, 15) is 5.21 Å². The molecule has 0 aromatic rings. The van der Waals surface area contributed by atoms with E-state index in [0.29, 0.717) is 13.1 Å². The Bertz CT molecular complexity index is 171. The summed E-state index contributed by atoms with van der Waals surface area (Å²) in [5.74, 6) is 0. The average Bonchev–Trinajstić information content (AvgIpc) is 1.95. The predicted molar refractivity (Wildman–Crippen MR) is 37.9 cm³/mol. The van der Waals surface area contributed by atoms with Gasteiger partial charge in [-0.15, -0.1) is 0 Å². The van der Waals surface area contributed by atoms with Gasteiger partial charge in [0, 0.05) is 6.08 Å². The summed E-state index contributed by atoms with van der Waals surface area (Å²) < 4.78 is 0. The van der Waals surface area contributed by atoms with Gasteiger partial charge < -0.3 is 10.3 Å². The molecule has 0 saturated carbocycles. The number of hydrogen-bond donors (Lipinski definition) is 0. The highest BCUT2D eigenvalue weighted by Crippen LogP contribution is 2.13. The Morgan fingerprint density at radius 1 is 1.50 bits per heavy atom. The third-order valence-corrected chi connectivity index (χ3v) is 1.63. The molecule has 0 unspecified atom stereocenters. The SMILES string of the molecule is N#CC=C1CCN([O-])CC1. The smallest absolute Gasteiger partial charge is 0.0911 e. The van der Waals surface area contributed by atoms with Crippen LogP contribution in [0.5, 0.6) is 0 Å². The molecule has 1 saturated heterocycles. The minimum Gasteiger partial charge on any atom is -0.785 e. The van der Waals surface area contributed by atoms with Gasteiger partial charge in [0.1, 0.15) is 0 Å². The van der Waals surface area contributed by atoms with Crippen LogP contribution in [0.2, 0.25) is 0 Å². The molecule has 1 heterocycles. The predicted octanol–water partition coefficient (Wildman–Crippen LogP) is 1.03. The first-order valence-corrected chi connectivity index (χ1v) is 3.32. The van der Waals surface area contributed by atoms with E-state index in [2.05, 4.69) is 0 Å². The van der Waals surface area contributed by atoms with Crippen LogP contribution >= 0.6 is 0 Å². The van der Waals surface area contributed by atoms with Gasteiger partial charge in [0.25, 0.3) is 0 Å². The van der Waals surface area contributed by atoms with Crippen molar-refractivity contribution in [1.29, 1.82) is 5.26 Å². The molecule has 1 aliphatic rings. The first-order valence-electron chi connectivity index (χ1n) is 3.32. The number of hydroxylamine groups is 2. The quantitative estimate of drug-likeness (QED) is 0.468. The highest BCUT2D eigenvalue weighted by Gasteiger charge is 2.05. The molecule has 0 spiro atoms. The zero-order valence-electron chi connectivity index (χ0n) is 5.71. The van der Waals surface area contributed by atoms with Crippen molar-refractivity contribution in [1.82, 2.24) is 5.06 Å². The molecule has 0 aromatic carbocycles. The van der Waals surface area contributed by atoms with Crippen LogP contribution in [0.4, 0.5) is 0 Å². The Hall–Kier alpha value is -0.850. The summed E-state index contributed by atoms with van der Waals surface area (Å²) in [5, 5.41) is 19.9. The Morgan fingerprint density at radius 3 is 2.60 bits per heavy atom. The van der Waals surface area contributed by atoms with E-state index in [-0.39, 0.29) is 0 Å². The summed E-state index contributed by atoms with van der Waals surface area (Å²) in [6, 6.07) is 1.97. The van der Waals surface area contributed by atoms with Crippen molar-refractivity contribution in [3.8, 4) is 6.07 Å². The van der Waals surface area contributed by atoms with Gasteiger partial charge in [0.2, 0.25) is 0 Å². The van der Waals surface area contributed by atoms with Crippen molar-refractivity contribution in [2.75, 3.05) is 13.1 Å². The first-order chi connectivity index (χ1) is 4.83. The van der Waals surface area contributed by atoms with Gasteiger partial charge in [0.15, 0.2) is 0 Å². The van der Waals surface area contributed by atoms with Gasteiger partial charge in [0.05, 0.1) is 6.07 Å². The molecule has 0 aromatic heterocycles. The van der Waals surface area contributed by atoms with Crippen molar-refractivity contribution < 1.29 is 0 Å². The number of hydrogen-bond acceptors (Lipinski definition) is 3. The van der Waals surface area contributed by atoms with Crippen LogP contribution in [0.1, 0.15) is 12.8 Å². The van der Waals surface area contributed by atoms with Crippen molar-refractivity contribution in [3.63, 3.8) is 0 Å². The molecule has 3 nitrogen and oxygen atoms in total. The molecule has 54 valence electrons. The van der Waals surface area contributed by atoms with E-state index >= 15 is 0 Å². The lowest BCUT2D eigenvalue weighted by Gasteiger charge is -2.32. The van der Waals surface area contributed by atoms with Crippen molar-refractivity contribution in [2.45, 2.75) is 12.8 Å². The number of rotatable bonds is 0. The van der Waals surface area contributed by atoms with Gasteiger partial charge in [-0.05, 0) is 25.9 Å². The van der Waals surface area contributed by atoms with Gasteiger partial charge in [-0.3, -0.25) is 0 Å². The summed E-state index contributed by atoms with van der Waals surface area (Å²) in [7, 11) is 0. The summed E-state index contributed by atoms with van der Waals surface area (Å²) in [6.45, 7) is 1.10. The third-order valence-electron chi connectivity index (χ3n) is 1.63. The second kappa shape index (κ2) is 3.35. The van der Waals surface area contributed by atoms with Crippen LogP contribution in [0, 0.1) is 16.5 Å². The minimum absolute atomic E-state index is 0.549. The lowest BCUT2D eigenvalue weighted by molar-refractivity contribution is 0.351. The second-order valence-corrected chi connectivity index (χ2v) is 2.36. The largest absolute Gasteiger partial charge is 0.785 e. The molecule has 1 aliphatic heterocycles. The molecule has 10 heavy (non-hydrogen) atoms. The topological polar surface area (TPSA) is 50.1 Å². The van der Waals surface area contributed by atoms with E-state index in [0.717, 1.165) is 23.5 Å². The average molecular weight is 137 g/mol. The number of allylic oxidation sites excluding steroid dienone is 1. The second-order valence-electron chi connectivity index (χ2n) is 2.36. The Morgan fingerprint density at radius 2 is 2.10 bits per heavy atom. The normalized spacial score (nSPS) is 20.2. The summed E-state index contributed by atoms with van der Waals surface area (Å²) in [5.41, 5.74) is 1.11. The third kappa shape index (κ3) is 1.83. The fourth-order valence-corrected chi connectivity index (χ4v) is 1.01. The maximum atomic E-state index is 10.6. The van der Waals surface area contributed by atoms with Crippen molar-refractivity contribution in [2.24, 2.45) is 0 Å². The summed E-state index contributed by atoms with van der Waals surface area (Å²) in [4.78, 5) is 0. The van der Waals surface area contributed by atoms with E-state index in [1.807, 2.05) is 6.07 Å². The number of nitriles is 1. The lowest BCUT2D eigenvalue weighted by atomic mass is 10.1. The Balaban J connectivity index is 2.42. The highest BCUT2D eigenvalue weighted by molar-refractivity contribution is 5.15. The van der Waals surface area contributed by atoms with E-state index < -0.39 is 0 Å². The van der Waals surface area contributed by atoms with Gasteiger partial charge in [-0.25, -0.2) is 0 Å². The van der Waals surface area contributed by atoms with Crippen molar-refractivity contribution in [3.05, 3.63) is 16.9 Å². The summed E-state index contributed by atoms with van der Waals surface area (Å²) >= 11 is 0.